The van der Waals surface area contributed by atoms with Gasteiger partial charge in [-0.05, 0) is 52.9 Å². The number of imidazole rings is 1. The number of pyridine rings is 1. The molecule has 0 spiro atoms. The van der Waals surface area contributed by atoms with Gasteiger partial charge in [-0.15, -0.1) is 0 Å². The quantitative estimate of drug-likeness (QED) is 0.164. The fraction of sp³-hybridized carbons (Fsp3) is 0.0417. The molecule has 0 amide bonds. The summed E-state index contributed by atoms with van der Waals surface area (Å²) in [6.07, 6.45) is 0.812. The third-order valence-corrected chi connectivity index (χ3v) is 10.2. The minimum absolute atomic E-state index is 0.707. The van der Waals surface area contributed by atoms with Gasteiger partial charge in [-0.25, -0.2) is 19.9 Å². The highest BCUT2D eigenvalue weighted by molar-refractivity contribution is 6.20. The molecule has 0 atom stereocenters. The van der Waals surface area contributed by atoms with Crippen LogP contribution < -0.4 is 0 Å². The van der Waals surface area contributed by atoms with E-state index >= 15 is 0 Å². The highest BCUT2D eigenvalue weighted by atomic mass is 15.1. The Morgan fingerprint density at radius 3 is 1.83 bits per heavy atom. The smallest absolute Gasteiger partial charge is 0.160 e. The van der Waals surface area contributed by atoms with E-state index < -0.39 is 0 Å². The van der Waals surface area contributed by atoms with E-state index in [2.05, 4.69) is 163 Å². The van der Waals surface area contributed by atoms with Crippen LogP contribution >= 0.6 is 0 Å². The van der Waals surface area contributed by atoms with Crippen LogP contribution in [0.3, 0.4) is 0 Å². The molecule has 0 fully saturated rings. The van der Waals surface area contributed by atoms with E-state index in [1.807, 2.05) is 18.2 Å². The maximum atomic E-state index is 5.31. The predicted octanol–water partition coefficient (Wildman–Crippen LogP) is 11.9. The number of hydrogen-bond acceptors (Lipinski definition) is 4. The van der Waals surface area contributed by atoms with Gasteiger partial charge < -0.3 is 0 Å². The summed E-state index contributed by atoms with van der Waals surface area (Å²) in [5.74, 6) is 1.73. The summed E-state index contributed by atoms with van der Waals surface area (Å²) < 4.78 is 2.28. The number of nitrogens with zero attached hydrogens (tertiary/aromatic N) is 5. The topological polar surface area (TPSA) is 56.5 Å². The number of fused-ring (bicyclic) bond motifs is 6. The standard InChI is InChI=1S/C48H33N5/c1-2-43-51-47-42(53(43)36-18-7-4-8-19-36)29-28-38-37-20-9-11-22-40(37)49-46(44(38)47)33-26-24-31(25-27-33)34-16-13-17-35(30-34)48-50-41-23-12-10-21-39(41)45(52-48)32-14-5-3-6-15-32/h3-30H,2H2,1H3. The van der Waals surface area contributed by atoms with Crippen LogP contribution in [0.25, 0.3) is 94.3 Å². The van der Waals surface area contributed by atoms with Gasteiger partial charge in [-0.2, -0.15) is 0 Å². The van der Waals surface area contributed by atoms with Crippen LogP contribution in [0, 0.1) is 0 Å². The molecule has 0 aliphatic carbocycles. The summed E-state index contributed by atoms with van der Waals surface area (Å²) in [6.45, 7) is 2.17. The Bertz CT molecular complexity index is 2970. The molecule has 0 unspecified atom stereocenters. The number of aromatic nitrogens is 5. The predicted molar refractivity (Wildman–Crippen MR) is 218 cm³/mol. The molecular weight excluding hydrogens is 647 g/mol. The molecule has 5 heteroatoms. The molecule has 0 radical (unpaired) electrons. The molecule has 0 aliphatic heterocycles. The number of benzene rings is 7. The van der Waals surface area contributed by atoms with Crippen LogP contribution in [0.1, 0.15) is 12.7 Å². The molecule has 250 valence electrons. The first kappa shape index (κ1) is 30.8. The van der Waals surface area contributed by atoms with Gasteiger partial charge in [0.05, 0.1) is 33.5 Å². The largest absolute Gasteiger partial charge is 0.296 e. The van der Waals surface area contributed by atoms with Crippen molar-refractivity contribution in [1.82, 2.24) is 24.5 Å². The van der Waals surface area contributed by atoms with E-state index in [9.17, 15) is 0 Å². The molecule has 0 bridgehead atoms. The third-order valence-electron chi connectivity index (χ3n) is 10.2. The Kier molecular flexibility index (Phi) is 7.36. The monoisotopic (exact) mass is 679 g/mol. The van der Waals surface area contributed by atoms with Crippen LogP contribution in [-0.2, 0) is 6.42 Å². The van der Waals surface area contributed by atoms with Crippen molar-refractivity contribution in [3.8, 4) is 50.7 Å². The van der Waals surface area contributed by atoms with Crippen molar-refractivity contribution in [1.29, 1.82) is 0 Å². The molecular formula is C48H33N5. The van der Waals surface area contributed by atoms with Crippen LogP contribution in [0.5, 0.6) is 0 Å². The Morgan fingerprint density at radius 1 is 0.434 bits per heavy atom. The lowest BCUT2D eigenvalue weighted by atomic mass is 9.96. The zero-order chi connectivity index (χ0) is 35.3. The van der Waals surface area contributed by atoms with Crippen molar-refractivity contribution in [2.45, 2.75) is 13.3 Å². The molecule has 3 aromatic heterocycles. The molecule has 5 nitrogen and oxygen atoms in total. The van der Waals surface area contributed by atoms with Gasteiger partial charge in [0.15, 0.2) is 5.82 Å². The van der Waals surface area contributed by atoms with Crippen molar-refractivity contribution < 1.29 is 0 Å². The molecule has 0 saturated heterocycles. The summed E-state index contributed by atoms with van der Waals surface area (Å²) in [4.78, 5) is 20.7. The summed E-state index contributed by atoms with van der Waals surface area (Å²) >= 11 is 0. The maximum absolute atomic E-state index is 5.31. The Hall–Kier alpha value is -6.98. The van der Waals surface area contributed by atoms with Crippen molar-refractivity contribution in [2.75, 3.05) is 0 Å². The number of rotatable bonds is 6. The van der Waals surface area contributed by atoms with Crippen LogP contribution in [0.15, 0.2) is 170 Å². The average Bonchev–Trinajstić information content (AvgIpc) is 3.63. The highest BCUT2D eigenvalue weighted by Gasteiger charge is 2.19. The van der Waals surface area contributed by atoms with Crippen molar-refractivity contribution in [3.63, 3.8) is 0 Å². The summed E-state index contributed by atoms with van der Waals surface area (Å²) in [7, 11) is 0. The number of hydrogen-bond donors (Lipinski definition) is 0. The fourth-order valence-corrected chi connectivity index (χ4v) is 7.62. The zero-order valence-electron chi connectivity index (χ0n) is 29.1. The Balaban J connectivity index is 1.10. The first-order valence-electron chi connectivity index (χ1n) is 18.0. The molecule has 10 rings (SSSR count). The lowest BCUT2D eigenvalue weighted by molar-refractivity contribution is 0.908. The molecule has 0 saturated carbocycles. The molecule has 0 aliphatic rings. The van der Waals surface area contributed by atoms with Crippen LogP contribution in [0.2, 0.25) is 0 Å². The average molecular weight is 680 g/mol. The SMILES string of the molecule is CCc1nc2c3c(-c4ccc(-c5cccc(-c6nc(-c7ccccc7)c7ccccc7n6)c5)cc4)nc4ccccc4c3ccc2n1-c1ccccc1. The van der Waals surface area contributed by atoms with E-state index in [0.29, 0.717) is 5.82 Å². The van der Waals surface area contributed by atoms with Gasteiger partial charge in [-0.1, -0.05) is 140 Å². The minimum Gasteiger partial charge on any atom is -0.296 e. The number of aryl methyl sites for hydroxylation is 1. The molecule has 10 aromatic rings. The highest BCUT2D eigenvalue weighted by Crippen LogP contribution is 2.39. The third kappa shape index (κ3) is 5.25. The van der Waals surface area contributed by atoms with Gasteiger partial charge in [0.25, 0.3) is 0 Å². The van der Waals surface area contributed by atoms with Gasteiger partial charge in [0.1, 0.15) is 5.82 Å². The fourth-order valence-electron chi connectivity index (χ4n) is 7.62. The second-order valence-electron chi connectivity index (χ2n) is 13.3. The van der Waals surface area contributed by atoms with Crippen molar-refractivity contribution >= 4 is 43.6 Å². The van der Waals surface area contributed by atoms with E-state index in [-0.39, 0.29) is 0 Å². The Morgan fingerprint density at radius 2 is 1.06 bits per heavy atom. The molecule has 3 heterocycles. The van der Waals surface area contributed by atoms with Gasteiger partial charge in [-0.3, -0.25) is 4.57 Å². The van der Waals surface area contributed by atoms with Crippen molar-refractivity contribution in [2.24, 2.45) is 0 Å². The second-order valence-corrected chi connectivity index (χ2v) is 13.3. The van der Waals surface area contributed by atoms with Crippen LogP contribution in [0.4, 0.5) is 0 Å². The molecule has 7 aromatic carbocycles. The first-order valence-corrected chi connectivity index (χ1v) is 18.0. The zero-order valence-corrected chi connectivity index (χ0v) is 29.1. The maximum Gasteiger partial charge on any atom is 0.160 e. The second kappa shape index (κ2) is 12.7. The van der Waals surface area contributed by atoms with Crippen LogP contribution in [-0.4, -0.2) is 24.5 Å². The van der Waals surface area contributed by atoms with Gasteiger partial charge in [0, 0.05) is 45.0 Å². The van der Waals surface area contributed by atoms with E-state index in [0.717, 1.165) is 101 Å². The normalized spacial score (nSPS) is 11.6. The summed E-state index contributed by atoms with van der Waals surface area (Å²) in [5.41, 5.74) is 12.2. The van der Waals surface area contributed by atoms with Gasteiger partial charge >= 0.3 is 0 Å². The molecule has 0 N–H and O–H groups in total. The van der Waals surface area contributed by atoms with Gasteiger partial charge in [0.2, 0.25) is 0 Å². The molecule has 53 heavy (non-hydrogen) atoms. The lowest BCUT2D eigenvalue weighted by Gasteiger charge is -2.13. The number of para-hydroxylation sites is 3. The minimum atomic E-state index is 0.707. The Labute approximate surface area is 306 Å². The van der Waals surface area contributed by atoms with E-state index in [1.54, 1.807) is 0 Å². The van der Waals surface area contributed by atoms with E-state index in [1.165, 1.54) is 0 Å². The summed E-state index contributed by atoms with van der Waals surface area (Å²) in [5, 5.41) is 4.39. The first-order chi connectivity index (χ1) is 26.2. The summed E-state index contributed by atoms with van der Waals surface area (Å²) in [6, 6.07) is 59.2. The van der Waals surface area contributed by atoms with E-state index in [4.69, 9.17) is 19.9 Å². The van der Waals surface area contributed by atoms with Crippen molar-refractivity contribution in [3.05, 3.63) is 176 Å². The lowest BCUT2D eigenvalue weighted by Crippen LogP contribution is -1.99.